The molecule has 28 heavy (non-hydrogen) atoms. The zero-order valence-corrected chi connectivity index (χ0v) is 15.6. The van der Waals surface area contributed by atoms with E-state index in [1.54, 1.807) is 30.7 Å². The summed E-state index contributed by atoms with van der Waals surface area (Å²) in [5.74, 6) is -0.472. The molecule has 3 heterocycles. The number of aromatic nitrogens is 4. The molecule has 0 N–H and O–H groups in total. The number of fused-ring (bicyclic) bond motifs is 1. The average Bonchev–Trinajstić information content (AvgIpc) is 2.70. The van der Waals surface area contributed by atoms with Crippen molar-refractivity contribution in [1.82, 2.24) is 19.5 Å². The molecule has 0 unspecified atom stereocenters. The number of ketones is 1. The fourth-order valence-corrected chi connectivity index (χ4v) is 3.13. The van der Waals surface area contributed by atoms with E-state index in [0.29, 0.717) is 11.9 Å². The van der Waals surface area contributed by atoms with Crippen molar-refractivity contribution in [3.05, 3.63) is 88.4 Å². The van der Waals surface area contributed by atoms with Crippen LogP contribution in [0.5, 0.6) is 0 Å². The van der Waals surface area contributed by atoms with Crippen LogP contribution in [0.25, 0.3) is 10.9 Å². The lowest BCUT2D eigenvalue weighted by molar-refractivity contribution is 0.102. The lowest BCUT2D eigenvalue weighted by atomic mass is 10.0. The number of nitrogens with zero attached hydrogens (tertiary/aromatic N) is 4. The second-order valence-corrected chi connectivity index (χ2v) is 6.70. The maximum atomic E-state index is 13.0. The van der Waals surface area contributed by atoms with Crippen molar-refractivity contribution in [3.8, 4) is 0 Å². The molecule has 0 saturated heterocycles. The summed E-state index contributed by atoms with van der Waals surface area (Å²) in [7, 11) is 3.77. The predicted molar refractivity (Wildman–Crippen MR) is 113 cm³/mol. The normalized spacial score (nSPS) is 10.9. The van der Waals surface area contributed by atoms with E-state index < -0.39 is 5.78 Å². The van der Waals surface area contributed by atoms with Gasteiger partial charge in [0.2, 0.25) is 17.0 Å². The number of hydrogen-bond acceptors (Lipinski definition) is 5. The Morgan fingerprint density at radius 1 is 1.00 bits per heavy atom. The molecule has 0 fully saturated rings. The summed E-state index contributed by atoms with van der Waals surface area (Å²) in [4.78, 5) is 38.6. The van der Waals surface area contributed by atoms with Crippen LogP contribution in [0.3, 0.4) is 0 Å². The molecule has 0 amide bonds. The Hall–Kier alpha value is -3.54. The zero-order valence-electron chi connectivity index (χ0n) is 15.6. The van der Waals surface area contributed by atoms with Crippen molar-refractivity contribution in [2.75, 3.05) is 0 Å². The predicted octanol–water partition coefficient (Wildman–Crippen LogP) is -1.02. The molecule has 1 aromatic carbocycles. The SMILES string of the molecule is Bc1cnc(C(=O)c2cn(Cc3cccc(B)n3)c3ccccc3c2=O)nc1. The van der Waals surface area contributed by atoms with Crippen molar-refractivity contribution in [2.24, 2.45) is 0 Å². The quantitative estimate of drug-likeness (QED) is 0.342. The molecule has 0 saturated carbocycles. The lowest BCUT2D eigenvalue weighted by Crippen LogP contribution is -2.22. The van der Waals surface area contributed by atoms with Crippen LogP contribution in [-0.2, 0) is 6.54 Å². The van der Waals surface area contributed by atoms with Crippen molar-refractivity contribution in [3.63, 3.8) is 0 Å². The number of para-hydroxylation sites is 1. The molecule has 3 aromatic heterocycles. The van der Waals surface area contributed by atoms with Crippen molar-refractivity contribution in [2.45, 2.75) is 6.54 Å². The molecule has 134 valence electrons. The smallest absolute Gasteiger partial charge is 0.235 e. The number of hydrogen-bond donors (Lipinski definition) is 0. The maximum absolute atomic E-state index is 13.0. The molecule has 6 nitrogen and oxygen atoms in total. The zero-order chi connectivity index (χ0) is 19.7. The molecule has 0 aliphatic rings. The van der Waals surface area contributed by atoms with Crippen LogP contribution in [0, 0.1) is 0 Å². The van der Waals surface area contributed by atoms with Gasteiger partial charge in [-0.25, -0.2) is 9.97 Å². The standard InChI is InChI=1S/C20H16B2N4O2/c21-12-8-23-20(24-9-12)19(28)15-11-26(10-13-4-3-7-17(22)25-13)16-6-2-1-5-14(16)18(15)27/h1-9,11H,10,21-22H2. The Kier molecular flexibility index (Phi) is 4.61. The molecule has 0 radical (unpaired) electrons. The molecule has 4 rings (SSSR count). The summed E-state index contributed by atoms with van der Waals surface area (Å²) in [6.07, 6.45) is 4.72. The Morgan fingerprint density at radius 2 is 1.75 bits per heavy atom. The molecule has 0 aliphatic carbocycles. The first kappa shape index (κ1) is 17.9. The number of benzene rings is 1. The van der Waals surface area contributed by atoms with E-state index in [1.807, 2.05) is 50.6 Å². The molecule has 0 bridgehead atoms. The van der Waals surface area contributed by atoms with E-state index in [1.165, 1.54) is 0 Å². The van der Waals surface area contributed by atoms with Crippen LogP contribution >= 0.6 is 0 Å². The average molecular weight is 366 g/mol. The van der Waals surface area contributed by atoms with Gasteiger partial charge in [0.1, 0.15) is 7.85 Å². The third-order valence-electron chi connectivity index (χ3n) is 4.49. The van der Waals surface area contributed by atoms with E-state index in [0.717, 1.165) is 22.3 Å². The number of rotatable bonds is 4. The van der Waals surface area contributed by atoms with E-state index >= 15 is 0 Å². The van der Waals surface area contributed by atoms with E-state index in [2.05, 4.69) is 15.0 Å². The van der Waals surface area contributed by atoms with E-state index in [9.17, 15) is 9.59 Å². The Morgan fingerprint density at radius 3 is 2.50 bits per heavy atom. The van der Waals surface area contributed by atoms with Gasteiger partial charge in [0.05, 0.1) is 23.3 Å². The molecule has 0 aliphatic heterocycles. The first-order chi connectivity index (χ1) is 13.5. The van der Waals surface area contributed by atoms with Gasteiger partial charge in [-0.05, 0) is 23.8 Å². The summed E-state index contributed by atoms with van der Waals surface area (Å²) in [6.45, 7) is 0.442. The highest BCUT2D eigenvalue weighted by molar-refractivity contribution is 6.32. The van der Waals surface area contributed by atoms with Crippen LogP contribution < -0.4 is 16.5 Å². The number of carbonyl (C=O) groups excluding carboxylic acids is 1. The largest absolute Gasteiger partial charge is 0.340 e. The van der Waals surface area contributed by atoms with Crippen molar-refractivity contribution in [1.29, 1.82) is 0 Å². The van der Waals surface area contributed by atoms with Gasteiger partial charge in [-0.3, -0.25) is 14.6 Å². The fourth-order valence-electron chi connectivity index (χ4n) is 3.13. The molecular weight excluding hydrogens is 350 g/mol. The highest BCUT2D eigenvalue weighted by Gasteiger charge is 2.19. The summed E-state index contributed by atoms with van der Waals surface area (Å²) in [5, 5.41) is 0.480. The Labute approximate surface area is 163 Å². The van der Waals surface area contributed by atoms with Crippen molar-refractivity contribution >= 4 is 43.4 Å². The van der Waals surface area contributed by atoms with Crippen LogP contribution in [0.2, 0.25) is 0 Å². The topological polar surface area (TPSA) is 77.7 Å². The van der Waals surface area contributed by atoms with Crippen LogP contribution in [-0.4, -0.2) is 41.0 Å². The third-order valence-corrected chi connectivity index (χ3v) is 4.49. The van der Waals surface area contributed by atoms with Gasteiger partial charge in [-0.2, -0.15) is 0 Å². The third kappa shape index (κ3) is 3.36. The molecule has 4 aromatic rings. The molecule has 0 spiro atoms. The van der Waals surface area contributed by atoms with E-state index in [-0.39, 0.29) is 16.8 Å². The monoisotopic (exact) mass is 366 g/mol. The summed E-state index contributed by atoms with van der Waals surface area (Å²) < 4.78 is 1.87. The van der Waals surface area contributed by atoms with E-state index in [4.69, 9.17) is 0 Å². The number of pyridine rings is 2. The fraction of sp³-hybridized carbons (Fsp3) is 0.0500. The van der Waals surface area contributed by atoms with Gasteiger partial charge < -0.3 is 4.57 Å². The van der Waals surface area contributed by atoms with Crippen molar-refractivity contribution < 1.29 is 4.79 Å². The number of carbonyl (C=O) groups is 1. The van der Waals surface area contributed by atoms with Gasteiger partial charge in [0.25, 0.3) is 0 Å². The lowest BCUT2D eigenvalue weighted by Gasteiger charge is -2.13. The van der Waals surface area contributed by atoms with Gasteiger partial charge in [-0.1, -0.05) is 29.7 Å². The van der Waals surface area contributed by atoms with Crippen LogP contribution in [0.1, 0.15) is 21.9 Å². The highest BCUT2D eigenvalue weighted by atomic mass is 16.1. The minimum absolute atomic E-state index is 0.0122. The molecule has 0 atom stereocenters. The Balaban J connectivity index is 1.87. The molecular formula is C20H16B2N4O2. The summed E-state index contributed by atoms with van der Waals surface area (Å²) in [6, 6.07) is 13.0. The first-order valence-corrected chi connectivity index (χ1v) is 8.91. The first-order valence-electron chi connectivity index (χ1n) is 8.91. The van der Waals surface area contributed by atoms with Crippen LogP contribution in [0.15, 0.2) is 65.8 Å². The maximum Gasteiger partial charge on any atom is 0.235 e. The summed E-state index contributed by atoms with van der Waals surface area (Å²) >= 11 is 0. The minimum Gasteiger partial charge on any atom is -0.340 e. The summed E-state index contributed by atoms with van der Waals surface area (Å²) in [5.41, 5.74) is 3.08. The van der Waals surface area contributed by atoms with Crippen LogP contribution in [0.4, 0.5) is 0 Å². The van der Waals surface area contributed by atoms with Gasteiger partial charge >= 0.3 is 0 Å². The van der Waals surface area contributed by atoms with Gasteiger partial charge in [-0.15, -0.1) is 0 Å². The minimum atomic E-state index is -0.485. The van der Waals surface area contributed by atoms with Gasteiger partial charge in [0.15, 0.2) is 7.85 Å². The Bertz CT molecular complexity index is 1250. The second-order valence-electron chi connectivity index (χ2n) is 6.70. The highest BCUT2D eigenvalue weighted by Crippen LogP contribution is 2.14. The van der Waals surface area contributed by atoms with Gasteiger partial charge in [0, 0.05) is 24.0 Å². The second kappa shape index (κ2) is 7.23. The molecule has 8 heteroatoms.